The molecule has 28 heavy (non-hydrogen) atoms. The molecule has 1 N–H and O–H groups in total. The van der Waals surface area contributed by atoms with E-state index in [1.165, 1.54) is 29.2 Å². The number of nitro benzene ring substituents is 1. The van der Waals surface area contributed by atoms with Gasteiger partial charge in [-0.05, 0) is 45.7 Å². The van der Waals surface area contributed by atoms with Gasteiger partial charge in [0, 0.05) is 18.7 Å². The molecule has 0 unspecified atom stereocenters. The highest BCUT2D eigenvalue weighted by atomic mass is 16.6. The molecule has 1 atom stereocenters. The van der Waals surface area contributed by atoms with Crippen LogP contribution in [0.15, 0.2) is 24.3 Å². The molecule has 2 amide bonds. The molecule has 1 fully saturated rings. The number of nitrogens with one attached hydrogen (secondary N) is 1. The summed E-state index contributed by atoms with van der Waals surface area (Å²) in [6.07, 6.45) is 0.340. The Bertz CT molecular complexity index is 755. The van der Waals surface area contributed by atoms with Crippen molar-refractivity contribution in [3.63, 3.8) is 0 Å². The third-order valence-corrected chi connectivity index (χ3v) is 3.89. The van der Waals surface area contributed by atoms with Crippen LogP contribution in [0.25, 0.3) is 0 Å². The summed E-state index contributed by atoms with van der Waals surface area (Å²) in [5.41, 5.74) is -0.802. The zero-order valence-electron chi connectivity index (χ0n) is 16.0. The molecule has 1 aromatic carbocycles. The predicted octanol–water partition coefficient (Wildman–Crippen LogP) is 2.02. The summed E-state index contributed by atoms with van der Waals surface area (Å²) in [4.78, 5) is 47.9. The molecule has 1 aliphatic heterocycles. The maximum Gasteiger partial charge on any atom is 0.408 e. The molecule has 10 nitrogen and oxygen atoms in total. The van der Waals surface area contributed by atoms with E-state index in [-0.39, 0.29) is 18.0 Å². The average molecular weight is 393 g/mol. The van der Waals surface area contributed by atoms with Crippen molar-refractivity contribution in [2.24, 2.45) is 0 Å². The Hall–Kier alpha value is -3.17. The van der Waals surface area contributed by atoms with Crippen LogP contribution in [0, 0.1) is 10.1 Å². The highest BCUT2D eigenvalue weighted by Gasteiger charge is 2.35. The SMILES string of the molecule is CC(C)(C)OC(=O)NCC(=O)N1CCC[C@H]1C(=O)Oc1ccc([N+](=O)[O-])cc1. The minimum atomic E-state index is -0.775. The van der Waals surface area contributed by atoms with Crippen molar-refractivity contribution in [1.29, 1.82) is 0 Å². The van der Waals surface area contributed by atoms with Gasteiger partial charge in [-0.25, -0.2) is 9.59 Å². The number of nitrogens with zero attached hydrogens (tertiary/aromatic N) is 2. The molecule has 152 valence electrons. The smallest absolute Gasteiger partial charge is 0.408 e. The first-order valence-electron chi connectivity index (χ1n) is 8.79. The van der Waals surface area contributed by atoms with Gasteiger partial charge < -0.3 is 19.7 Å². The summed E-state index contributed by atoms with van der Waals surface area (Å²) in [5, 5.41) is 13.0. The van der Waals surface area contributed by atoms with Crippen molar-refractivity contribution in [2.75, 3.05) is 13.1 Å². The van der Waals surface area contributed by atoms with E-state index in [2.05, 4.69) is 5.32 Å². The molecule has 0 spiro atoms. The second-order valence-corrected chi connectivity index (χ2v) is 7.27. The topological polar surface area (TPSA) is 128 Å². The van der Waals surface area contributed by atoms with Gasteiger partial charge in [-0.2, -0.15) is 0 Å². The summed E-state index contributed by atoms with van der Waals surface area (Å²) >= 11 is 0. The molecule has 10 heteroatoms. The van der Waals surface area contributed by atoms with Gasteiger partial charge in [0.15, 0.2) is 0 Å². The molecule has 1 heterocycles. The second kappa shape index (κ2) is 8.68. The molecule has 0 aliphatic carbocycles. The molecule has 1 aromatic rings. The summed E-state index contributed by atoms with van der Waals surface area (Å²) in [6, 6.07) is 4.32. The van der Waals surface area contributed by atoms with E-state index in [0.29, 0.717) is 19.4 Å². The third-order valence-electron chi connectivity index (χ3n) is 3.89. The number of hydrogen-bond acceptors (Lipinski definition) is 7. The van der Waals surface area contributed by atoms with Crippen molar-refractivity contribution >= 4 is 23.7 Å². The van der Waals surface area contributed by atoms with Gasteiger partial charge in [0.05, 0.1) is 4.92 Å². The van der Waals surface area contributed by atoms with E-state index in [1.54, 1.807) is 20.8 Å². The molecule has 1 aliphatic rings. The lowest BCUT2D eigenvalue weighted by molar-refractivity contribution is -0.384. The largest absolute Gasteiger partial charge is 0.444 e. The van der Waals surface area contributed by atoms with Crippen molar-refractivity contribution in [2.45, 2.75) is 45.3 Å². The lowest BCUT2D eigenvalue weighted by Crippen LogP contribution is -2.47. The van der Waals surface area contributed by atoms with E-state index in [0.717, 1.165) is 0 Å². The minimum absolute atomic E-state index is 0.120. The van der Waals surface area contributed by atoms with Gasteiger partial charge in [0.2, 0.25) is 5.91 Å². The van der Waals surface area contributed by atoms with E-state index < -0.39 is 34.5 Å². The zero-order valence-corrected chi connectivity index (χ0v) is 16.0. The fourth-order valence-corrected chi connectivity index (χ4v) is 2.69. The average Bonchev–Trinajstić information content (AvgIpc) is 3.08. The van der Waals surface area contributed by atoms with Crippen LogP contribution in [0.3, 0.4) is 0 Å². The van der Waals surface area contributed by atoms with Crippen LogP contribution in [0.2, 0.25) is 0 Å². The Morgan fingerprint density at radius 1 is 1.25 bits per heavy atom. The molecule has 1 saturated heterocycles. The van der Waals surface area contributed by atoms with Gasteiger partial charge in [-0.15, -0.1) is 0 Å². The number of carbonyl (C=O) groups is 3. The standard InChI is InChI=1S/C18H23N3O7/c1-18(2,3)28-17(24)19-11-15(22)20-10-4-5-14(20)16(23)27-13-8-6-12(7-9-13)21(25)26/h6-9,14H,4-5,10-11H2,1-3H3,(H,19,24)/t14-/m0/s1. The number of benzene rings is 1. The fourth-order valence-electron chi connectivity index (χ4n) is 2.69. The molecule has 0 aromatic heterocycles. The quantitative estimate of drug-likeness (QED) is 0.351. The number of amides is 2. The van der Waals surface area contributed by atoms with E-state index >= 15 is 0 Å². The van der Waals surface area contributed by atoms with Crippen LogP contribution in [-0.4, -0.2) is 52.5 Å². The number of esters is 1. The van der Waals surface area contributed by atoms with Crippen molar-refractivity contribution < 1.29 is 28.8 Å². The minimum Gasteiger partial charge on any atom is -0.444 e. The number of carbonyl (C=O) groups excluding carboxylic acids is 3. The van der Waals surface area contributed by atoms with Gasteiger partial charge in [0.25, 0.3) is 5.69 Å². The number of alkyl carbamates (subject to hydrolysis) is 1. The summed E-state index contributed by atoms with van der Waals surface area (Å²) < 4.78 is 10.3. The Labute approximate surface area is 161 Å². The Morgan fingerprint density at radius 2 is 1.89 bits per heavy atom. The van der Waals surface area contributed by atoms with Gasteiger partial charge in [0.1, 0.15) is 23.9 Å². The van der Waals surface area contributed by atoms with Crippen LogP contribution < -0.4 is 10.1 Å². The maximum atomic E-state index is 12.4. The summed E-state index contributed by atoms with van der Waals surface area (Å²) in [6.45, 7) is 5.20. The highest BCUT2D eigenvalue weighted by molar-refractivity contribution is 5.88. The molecule has 2 rings (SSSR count). The van der Waals surface area contributed by atoms with Crippen molar-refractivity contribution in [3.05, 3.63) is 34.4 Å². The van der Waals surface area contributed by atoms with E-state index in [9.17, 15) is 24.5 Å². The van der Waals surface area contributed by atoms with Gasteiger partial charge in [-0.1, -0.05) is 0 Å². The van der Waals surface area contributed by atoms with Crippen LogP contribution in [0.1, 0.15) is 33.6 Å². The monoisotopic (exact) mass is 393 g/mol. The highest BCUT2D eigenvalue weighted by Crippen LogP contribution is 2.22. The second-order valence-electron chi connectivity index (χ2n) is 7.27. The number of non-ortho nitro benzene ring substituents is 1. The first-order chi connectivity index (χ1) is 13.1. The van der Waals surface area contributed by atoms with E-state index in [1.807, 2.05) is 0 Å². The van der Waals surface area contributed by atoms with Crippen molar-refractivity contribution in [1.82, 2.24) is 10.2 Å². The first kappa shape index (κ1) is 21.1. The Balaban J connectivity index is 1.91. The lowest BCUT2D eigenvalue weighted by atomic mass is 10.2. The van der Waals surface area contributed by atoms with Gasteiger partial charge in [-0.3, -0.25) is 14.9 Å². The molecule has 0 radical (unpaired) electrons. The Kier molecular flexibility index (Phi) is 6.55. The van der Waals surface area contributed by atoms with Crippen molar-refractivity contribution in [3.8, 4) is 5.75 Å². The summed E-state index contributed by atoms with van der Waals surface area (Å²) in [7, 11) is 0. The zero-order chi connectivity index (χ0) is 20.9. The summed E-state index contributed by atoms with van der Waals surface area (Å²) in [5.74, 6) is -0.896. The molecular formula is C18H23N3O7. The fraction of sp³-hybridized carbons (Fsp3) is 0.500. The first-order valence-corrected chi connectivity index (χ1v) is 8.79. The lowest BCUT2D eigenvalue weighted by Gasteiger charge is -2.24. The third kappa shape index (κ3) is 5.93. The van der Waals surface area contributed by atoms with Crippen LogP contribution in [-0.2, 0) is 14.3 Å². The molecule has 0 saturated carbocycles. The number of ether oxygens (including phenoxy) is 2. The molecular weight excluding hydrogens is 370 g/mol. The number of rotatable bonds is 5. The Morgan fingerprint density at radius 3 is 2.46 bits per heavy atom. The maximum absolute atomic E-state index is 12.4. The molecule has 0 bridgehead atoms. The predicted molar refractivity (Wildman–Crippen MR) is 97.7 cm³/mol. The van der Waals surface area contributed by atoms with Crippen LogP contribution in [0.4, 0.5) is 10.5 Å². The van der Waals surface area contributed by atoms with Crippen LogP contribution >= 0.6 is 0 Å². The number of nitro groups is 1. The normalized spacial score (nSPS) is 16.4. The van der Waals surface area contributed by atoms with E-state index in [4.69, 9.17) is 9.47 Å². The number of hydrogen-bond donors (Lipinski definition) is 1. The van der Waals surface area contributed by atoms with Crippen LogP contribution in [0.5, 0.6) is 5.75 Å². The van der Waals surface area contributed by atoms with Gasteiger partial charge >= 0.3 is 12.1 Å². The number of likely N-dealkylation sites (tertiary alicyclic amines) is 1.